The monoisotopic (exact) mass is 109 g/mol. The van der Waals surface area contributed by atoms with Gasteiger partial charge < -0.3 is 5.32 Å². The molecule has 0 aromatic heterocycles. The second-order valence-corrected chi connectivity index (χ2v) is 2.68. The van der Waals surface area contributed by atoms with Gasteiger partial charge in [-0.15, -0.1) is 0 Å². The van der Waals surface area contributed by atoms with Crippen molar-refractivity contribution in [1.29, 1.82) is 0 Å². The minimum atomic E-state index is 0.815. The molecule has 1 N–H and O–H groups in total. The largest absolute Gasteiger partial charge is 0.313 e. The maximum Gasteiger partial charge on any atom is 0.0165 e. The lowest BCUT2D eigenvalue weighted by molar-refractivity contribution is 0.561. The summed E-state index contributed by atoms with van der Waals surface area (Å²) in [6, 6.07) is 0.815. The lowest BCUT2D eigenvalue weighted by atomic mass is 10.1. The Morgan fingerprint density at radius 2 is 2.50 bits per heavy atom. The van der Waals surface area contributed by atoms with Gasteiger partial charge in [0, 0.05) is 6.04 Å². The molecule has 1 aliphatic heterocycles. The van der Waals surface area contributed by atoms with E-state index in [4.69, 9.17) is 0 Å². The molecule has 44 valence electrons. The Morgan fingerprint density at radius 1 is 1.50 bits per heavy atom. The molecule has 1 fully saturated rings. The first-order chi connectivity index (χ1) is 3.97. The van der Waals surface area contributed by atoms with Crippen molar-refractivity contribution in [2.45, 2.75) is 18.9 Å². The first kappa shape index (κ1) is 4.57. The van der Waals surface area contributed by atoms with Crippen molar-refractivity contribution in [3.63, 3.8) is 0 Å². The van der Waals surface area contributed by atoms with Gasteiger partial charge in [-0.05, 0) is 25.3 Å². The predicted molar refractivity (Wildman–Crippen MR) is 33.7 cm³/mol. The Kier molecular flexibility index (Phi) is 0.908. The van der Waals surface area contributed by atoms with Crippen LogP contribution < -0.4 is 5.32 Å². The normalized spacial score (nSPS) is 43.0. The molecule has 0 aromatic carbocycles. The fourth-order valence-electron chi connectivity index (χ4n) is 1.68. The Hall–Kier alpha value is -0.300. The van der Waals surface area contributed by atoms with E-state index in [2.05, 4.69) is 17.5 Å². The molecular weight excluding hydrogens is 98.1 g/mol. The summed E-state index contributed by atoms with van der Waals surface area (Å²) in [5, 5.41) is 3.46. The maximum absolute atomic E-state index is 3.46. The van der Waals surface area contributed by atoms with Crippen LogP contribution in [0.5, 0.6) is 0 Å². The number of rotatable bonds is 0. The van der Waals surface area contributed by atoms with Crippen LogP contribution >= 0.6 is 0 Å². The van der Waals surface area contributed by atoms with E-state index in [1.807, 2.05) is 0 Å². The van der Waals surface area contributed by atoms with Crippen LogP contribution in [0.2, 0.25) is 0 Å². The van der Waals surface area contributed by atoms with E-state index in [1.165, 1.54) is 19.4 Å². The quantitative estimate of drug-likeness (QED) is 0.456. The molecule has 0 radical (unpaired) electrons. The van der Waals surface area contributed by atoms with Crippen molar-refractivity contribution in [2.75, 3.05) is 6.54 Å². The van der Waals surface area contributed by atoms with E-state index in [9.17, 15) is 0 Å². The molecular formula is C7H11N. The van der Waals surface area contributed by atoms with E-state index < -0.39 is 0 Å². The lowest BCUT2D eigenvalue weighted by Crippen LogP contribution is -2.22. The van der Waals surface area contributed by atoms with Crippen LogP contribution in [-0.2, 0) is 0 Å². The summed E-state index contributed by atoms with van der Waals surface area (Å²) in [5.74, 6) is 0.884. The first-order valence-corrected chi connectivity index (χ1v) is 3.37. The average Bonchev–Trinajstić information content (AvgIpc) is 2.15. The third kappa shape index (κ3) is 0.511. The number of hydrogen-bond acceptors (Lipinski definition) is 1. The Balaban J connectivity index is 2.13. The molecule has 1 heterocycles. The van der Waals surface area contributed by atoms with Crippen LogP contribution in [0.1, 0.15) is 12.8 Å². The SMILES string of the molecule is C1=CC2CCNC2C1. The highest BCUT2D eigenvalue weighted by atomic mass is 15.0. The second-order valence-electron chi connectivity index (χ2n) is 2.68. The summed E-state index contributed by atoms with van der Waals surface area (Å²) >= 11 is 0. The third-order valence-electron chi connectivity index (χ3n) is 2.17. The summed E-state index contributed by atoms with van der Waals surface area (Å²) in [4.78, 5) is 0. The zero-order chi connectivity index (χ0) is 5.40. The minimum Gasteiger partial charge on any atom is -0.313 e. The maximum atomic E-state index is 3.46. The summed E-state index contributed by atoms with van der Waals surface area (Å²) < 4.78 is 0. The van der Waals surface area contributed by atoms with Crippen molar-refractivity contribution in [2.24, 2.45) is 5.92 Å². The van der Waals surface area contributed by atoms with Gasteiger partial charge in [0.15, 0.2) is 0 Å². The lowest BCUT2D eigenvalue weighted by Gasteiger charge is -2.05. The smallest absolute Gasteiger partial charge is 0.0165 e. The van der Waals surface area contributed by atoms with Gasteiger partial charge in [0.05, 0.1) is 0 Å². The molecule has 0 aromatic rings. The van der Waals surface area contributed by atoms with Crippen molar-refractivity contribution in [3.8, 4) is 0 Å². The van der Waals surface area contributed by atoms with Crippen LogP contribution in [0.4, 0.5) is 0 Å². The molecule has 0 saturated carbocycles. The molecule has 1 aliphatic carbocycles. The zero-order valence-electron chi connectivity index (χ0n) is 4.93. The summed E-state index contributed by atoms with van der Waals surface area (Å²) in [5.41, 5.74) is 0. The van der Waals surface area contributed by atoms with Crippen molar-refractivity contribution in [3.05, 3.63) is 12.2 Å². The Bertz CT molecular complexity index is 118. The minimum absolute atomic E-state index is 0.815. The van der Waals surface area contributed by atoms with Crippen molar-refractivity contribution < 1.29 is 0 Å². The van der Waals surface area contributed by atoms with Crippen LogP contribution in [0, 0.1) is 5.92 Å². The molecule has 2 aliphatic rings. The van der Waals surface area contributed by atoms with Crippen molar-refractivity contribution >= 4 is 0 Å². The van der Waals surface area contributed by atoms with Gasteiger partial charge in [0.25, 0.3) is 0 Å². The highest BCUT2D eigenvalue weighted by Gasteiger charge is 2.26. The molecule has 0 bridgehead atoms. The second kappa shape index (κ2) is 1.59. The van der Waals surface area contributed by atoms with E-state index >= 15 is 0 Å². The van der Waals surface area contributed by atoms with E-state index in [-0.39, 0.29) is 0 Å². The highest BCUT2D eigenvalue weighted by Crippen LogP contribution is 2.25. The van der Waals surface area contributed by atoms with Gasteiger partial charge in [0.1, 0.15) is 0 Å². The van der Waals surface area contributed by atoms with Crippen LogP contribution in [-0.4, -0.2) is 12.6 Å². The van der Waals surface area contributed by atoms with Crippen molar-refractivity contribution in [1.82, 2.24) is 5.32 Å². The predicted octanol–water partition coefficient (Wildman–Crippen LogP) is 0.924. The van der Waals surface area contributed by atoms with Gasteiger partial charge in [-0.2, -0.15) is 0 Å². The van der Waals surface area contributed by atoms with E-state index in [0.717, 1.165) is 12.0 Å². The van der Waals surface area contributed by atoms with Crippen LogP contribution in [0.3, 0.4) is 0 Å². The fourth-order valence-corrected chi connectivity index (χ4v) is 1.68. The third-order valence-corrected chi connectivity index (χ3v) is 2.17. The summed E-state index contributed by atoms with van der Waals surface area (Å²) in [6.45, 7) is 1.24. The zero-order valence-corrected chi connectivity index (χ0v) is 4.93. The van der Waals surface area contributed by atoms with Crippen LogP contribution in [0.15, 0.2) is 12.2 Å². The van der Waals surface area contributed by atoms with Gasteiger partial charge >= 0.3 is 0 Å². The first-order valence-electron chi connectivity index (χ1n) is 3.37. The molecule has 0 amide bonds. The summed E-state index contributed by atoms with van der Waals surface area (Å²) in [7, 11) is 0. The van der Waals surface area contributed by atoms with Gasteiger partial charge in [-0.3, -0.25) is 0 Å². The molecule has 8 heavy (non-hydrogen) atoms. The molecule has 2 unspecified atom stereocenters. The van der Waals surface area contributed by atoms with E-state index in [1.54, 1.807) is 0 Å². The average molecular weight is 109 g/mol. The standard InChI is InChI=1S/C7H11N/c1-2-6-4-5-8-7(6)3-1/h1-2,6-8H,3-5H2. The number of nitrogens with one attached hydrogen (secondary N) is 1. The summed E-state index contributed by atoms with van der Waals surface area (Å²) in [6.07, 6.45) is 7.28. The molecule has 2 rings (SSSR count). The fraction of sp³-hybridized carbons (Fsp3) is 0.714. The van der Waals surface area contributed by atoms with Gasteiger partial charge in [-0.25, -0.2) is 0 Å². The van der Waals surface area contributed by atoms with Crippen LogP contribution in [0.25, 0.3) is 0 Å². The molecule has 0 spiro atoms. The van der Waals surface area contributed by atoms with Gasteiger partial charge in [-0.1, -0.05) is 12.2 Å². The number of hydrogen-bond donors (Lipinski definition) is 1. The Morgan fingerprint density at radius 3 is 3.38 bits per heavy atom. The topological polar surface area (TPSA) is 12.0 Å². The molecule has 1 heteroatoms. The molecule has 2 atom stereocenters. The van der Waals surface area contributed by atoms with Gasteiger partial charge in [0.2, 0.25) is 0 Å². The number of fused-ring (bicyclic) bond motifs is 1. The van der Waals surface area contributed by atoms with E-state index in [0.29, 0.717) is 0 Å². The molecule has 1 nitrogen and oxygen atoms in total. The molecule has 1 saturated heterocycles. The highest BCUT2D eigenvalue weighted by molar-refractivity contribution is 5.07. The Labute approximate surface area is 49.8 Å².